The van der Waals surface area contributed by atoms with Gasteiger partial charge in [-0.25, -0.2) is 9.13 Å². The number of carbonyl (C=O) groups is 4. The van der Waals surface area contributed by atoms with Crippen LogP contribution >= 0.6 is 15.6 Å². The first-order chi connectivity index (χ1) is 43.3. The highest BCUT2D eigenvalue weighted by molar-refractivity contribution is 7.47. The number of phosphoric acid groups is 2. The van der Waals surface area contributed by atoms with Crippen LogP contribution in [0, 0.1) is 17.8 Å². The predicted octanol–water partition coefficient (Wildman–Crippen LogP) is 20.2. The predicted molar refractivity (Wildman–Crippen MR) is 363 cm³/mol. The average Bonchev–Trinajstić information content (AvgIpc) is 3.57. The van der Waals surface area contributed by atoms with Crippen molar-refractivity contribution in [1.82, 2.24) is 0 Å². The molecule has 0 aromatic carbocycles. The van der Waals surface area contributed by atoms with Crippen LogP contribution in [-0.4, -0.2) is 96.7 Å². The lowest BCUT2D eigenvalue weighted by Crippen LogP contribution is -2.30. The molecular formula is C71H138O17P2. The van der Waals surface area contributed by atoms with Crippen LogP contribution < -0.4 is 0 Å². The van der Waals surface area contributed by atoms with Crippen molar-refractivity contribution in [2.75, 3.05) is 39.6 Å². The monoisotopic (exact) mass is 1320 g/mol. The van der Waals surface area contributed by atoms with Crippen LogP contribution in [0.3, 0.4) is 0 Å². The Balaban J connectivity index is 5.24. The minimum Gasteiger partial charge on any atom is -0.462 e. The molecule has 0 bridgehead atoms. The SMILES string of the molecule is CCCCCCCCCCCCC(=O)OC[C@H](COP(=O)(O)OC[C@H](O)COP(=O)(O)OC[C@@H](COC(=O)CCCCCCCCCCC(C)CC)OC(=O)CCCCCCCCCCCCCCCCC(C)C)OC(=O)CCCCCCCCCCC(C)C. The van der Waals surface area contributed by atoms with Crippen molar-refractivity contribution >= 4 is 39.5 Å². The van der Waals surface area contributed by atoms with Crippen LogP contribution in [0.5, 0.6) is 0 Å². The second kappa shape index (κ2) is 61.9. The van der Waals surface area contributed by atoms with Gasteiger partial charge in [0.25, 0.3) is 0 Å². The molecule has 0 spiro atoms. The van der Waals surface area contributed by atoms with Gasteiger partial charge in [-0.1, -0.05) is 305 Å². The number of ether oxygens (including phenoxy) is 4. The molecule has 90 heavy (non-hydrogen) atoms. The minimum atomic E-state index is -4.95. The fourth-order valence-electron chi connectivity index (χ4n) is 10.7. The molecule has 0 aromatic heterocycles. The average molecular weight is 1330 g/mol. The van der Waals surface area contributed by atoms with E-state index in [0.717, 1.165) is 108 Å². The summed E-state index contributed by atoms with van der Waals surface area (Å²) in [5.74, 6) is 0.165. The van der Waals surface area contributed by atoms with E-state index < -0.39 is 97.5 Å². The summed E-state index contributed by atoms with van der Waals surface area (Å²) >= 11 is 0. The molecular weight excluding hydrogens is 1190 g/mol. The number of rotatable bonds is 69. The fraction of sp³-hybridized carbons (Fsp3) is 0.944. The number of esters is 4. The maximum Gasteiger partial charge on any atom is 0.472 e. The number of aliphatic hydroxyl groups is 1. The van der Waals surface area contributed by atoms with E-state index in [1.54, 1.807) is 0 Å². The molecule has 0 fully saturated rings. The second-order valence-electron chi connectivity index (χ2n) is 26.8. The number of hydrogen-bond donors (Lipinski definition) is 3. The molecule has 3 N–H and O–H groups in total. The third-order valence-electron chi connectivity index (χ3n) is 16.7. The van der Waals surface area contributed by atoms with E-state index in [4.69, 9.17) is 37.0 Å². The lowest BCUT2D eigenvalue weighted by Gasteiger charge is -2.21. The Morgan fingerprint density at radius 2 is 0.567 bits per heavy atom. The second-order valence-corrected chi connectivity index (χ2v) is 29.7. The Labute approximate surface area is 549 Å². The molecule has 0 heterocycles. The van der Waals surface area contributed by atoms with Gasteiger partial charge in [-0.2, -0.15) is 0 Å². The first-order valence-corrected chi connectivity index (χ1v) is 39.9. The van der Waals surface area contributed by atoms with Crippen LogP contribution in [-0.2, 0) is 65.4 Å². The van der Waals surface area contributed by atoms with E-state index in [1.165, 1.54) is 167 Å². The molecule has 3 unspecified atom stereocenters. The summed E-state index contributed by atoms with van der Waals surface area (Å²) < 4.78 is 68.3. The molecule has 0 saturated heterocycles. The molecule has 19 heteroatoms. The van der Waals surface area contributed by atoms with Gasteiger partial charge in [0.1, 0.15) is 19.3 Å². The summed E-state index contributed by atoms with van der Waals surface area (Å²) in [7, 11) is -9.90. The molecule has 0 aromatic rings. The zero-order valence-corrected chi connectivity index (χ0v) is 60.4. The van der Waals surface area contributed by atoms with Crippen molar-refractivity contribution in [3.8, 4) is 0 Å². The third-order valence-corrected chi connectivity index (χ3v) is 18.6. The number of hydrogen-bond acceptors (Lipinski definition) is 15. The van der Waals surface area contributed by atoms with Gasteiger partial charge in [-0.05, 0) is 43.4 Å². The number of aliphatic hydroxyl groups excluding tert-OH is 1. The number of phosphoric ester groups is 2. The van der Waals surface area contributed by atoms with E-state index >= 15 is 0 Å². The summed E-state index contributed by atoms with van der Waals surface area (Å²) in [6.45, 7) is 11.8. The Bertz CT molecular complexity index is 1770. The van der Waals surface area contributed by atoms with Crippen molar-refractivity contribution < 1.29 is 80.2 Å². The molecule has 0 aliphatic heterocycles. The van der Waals surface area contributed by atoms with Gasteiger partial charge in [0.05, 0.1) is 26.4 Å². The van der Waals surface area contributed by atoms with Crippen molar-refractivity contribution in [3.05, 3.63) is 0 Å². The Morgan fingerprint density at radius 3 is 0.844 bits per heavy atom. The van der Waals surface area contributed by atoms with E-state index in [1.807, 2.05) is 0 Å². The van der Waals surface area contributed by atoms with Gasteiger partial charge < -0.3 is 33.8 Å². The Morgan fingerprint density at radius 1 is 0.322 bits per heavy atom. The number of carbonyl (C=O) groups excluding carboxylic acids is 4. The zero-order chi connectivity index (χ0) is 66.6. The van der Waals surface area contributed by atoms with Crippen LogP contribution in [0.2, 0.25) is 0 Å². The zero-order valence-electron chi connectivity index (χ0n) is 58.6. The van der Waals surface area contributed by atoms with E-state index in [9.17, 15) is 43.2 Å². The molecule has 0 aliphatic carbocycles. The molecule has 0 aliphatic rings. The van der Waals surface area contributed by atoms with E-state index in [2.05, 4.69) is 48.5 Å². The normalized spacial score (nSPS) is 14.5. The Kier molecular flexibility index (Phi) is 60.6. The number of unbranched alkanes of at least 4 members (excludes halogenated alkanes) is 36. The van der Waals surface area contributed by atoms with Crippen LogP contribution in [0.15, 0.2) is 0 Å². The van der Waals surface area contributed by atoms with Gasteiger partial charge in [0, 0.05) is 25.7 Å². The van der Waals surface area contributed by atoms with Crippen LogP contribution in [0.4, 0.5) is 0 Å². The van der Waals surface area contributed by atoms with Crippen molar-refractivity contribution in [1.29, 1.82) is 0 Å². The maximum absolute atomic E-state index is 13.0. The fourth-order valence-corrected chi connectivity index (χ4v) is 12.3. The maximum atomic E-state index is 13.0. The summed E-state index contributed by atoms with van der Waals surface area (Å²) in [6, 6.07) is 0. The van der Waals surface area contributed by atoms with Gasteiger partial charge in [-0.3, -0.25) is 37.3 Å². The topological polar surface area (TPSA) is 237 Å². The summed E-state index contributed by atoms with van der Waals surface area (Å²) in [6.07, 6.45) is 45.7. The van der Waals surface area contributed by atoms with Crippen LogP contribution in [0.25, 0.3) is 0 Å². The lowest BCUT2D eigenvalue weighted by molar-refractivity contribution is -0.161. The lowest BCUT2D eigenvalue weighted by atomic mass is 9.99. The van der Waals surface area contributed by atoms with Gasteiger partial charge >= 0.3 is 39.5 Å². The summed E-state index contributed by atoms with van der Waals surface area (Å²) in [4.78, 5) is 72.6. The molecule has 0 radical (unpaired) electrons. The summed E-state index contributed by atoms with van der Waals surface area (Å²) in [5.41, 5.74) is 0. The molecule has 17 nitrogen and oxygen atoms in total. The molecule has 534 valence electrons. The first kappa shape index (κ1) is 88.1. The van der Waals surface area contributed by atoms with Crippen molar-refractivity contribution in [2.24, 2.45) is 17.8 Å². The Hall–Kier alpha value is -1.94. The highest BCUT2D eigenvalue weighted by atomic mass is 31.2. The third kappa shape index (κ3) is 63.5. The standard InChI is InChI=1S/C71H138O17P2/c1-8-10-11-12-13-14-22-31-38-45-52-68(73)81-58-67(88-71(76)55-48-41-34-26-24-29-36-43-50-63(5)6)61-86-90(79,80)84-57-65(72)56-83-89(77,78)85-60-66(59-82-69(74)53-46-39-32-27-25-30-37-44-51-64(7)9-2)87-70(75)54-47-40-33-23-20-18-16-15-17-19-21-28-35-42-49-62(3)4/h62-67,72H,8-61H2,1-7H3,(H,77,78)(H,79,80)/t64?,65-,66-,67-/m1/s1. The molecule has 0 amide bonds. The van der Waals surface area contributed by atoms with Gasteiger partial charge in [-0.15, -0.1) is 0 Å². The van der Waals surface area contributed by atoms with Crippen molar-refractivity contribution in [3.63, 3.8) is 0 Å². The largest absolute Gasteiger partial charge is 0.472 e. The molecule has 6 atom stereocenters. The quantitative estimate of drug-likeness (QED) is 0.0222. The van der Waals surface area contributed by atoms with E-state index in [0.29, 0.717) is 25.7 Å². The molecule has 0 saturated carbocycles. The summed E-state index contributed by atoms with van der Waals surface area (Å²) in [5, 5.41) is 10.6. The van der Waals surface area contributed by atoms with Gasteiger partial charge in [0.15, 0.2) is 12.2 Å². The highest BCUT2D eigenvalue weighted by Gasteiger charge is 2.30. The smallest absolute Gasteiger partial charge is 0.462 e. The van der Waals surface area contributed by atoms with E-state index in [-0.39, 0.29) is 25.7 Å². The van der Waals surface area contributed by atoms with Gasteiger partial charge in [0.2, 0.25) is 0 Å². The minimum absolute atomic E-state index is 0.104. The van der Waals surface area contributed by atoms with Crippen LogP contribution in [0.1, 0.15) is 357 Å². The molecule has 0 rings (SSSR count). The van der Waals surface area contributed by atoms with Crippen molar-refractivity contribution in [2.45, 2.75) is 375 Å². The highest BCUT2D eigenvalue weighted by Crippen LogP contribution is 2.45. The first-order valence-electron chi connectivity index (χ1n) is 36.9.